The van der Waals surface area contributed by atoms with Gasteiger partial charge >= 0.3 is 6.18 Å². The van der Waals surface area contributed by atoms with Gasteiger partial charge in [0.1, 0.15) is 5.60 Å². The second-order valence-corrected chi connectivity index (χ2v) is 4.97. The molecule has 4 nitrogen and oxygen atoms in total. The molecule has 0 aliphatic rings. The number of nitrogens with one attached hydrogen (secondary N) is 1. The van der Waals surface area contributed by atoms with Crippen molar-refractivity contribution in [3.05, 3.63) is 35.2 Å². The van der Waals surface area contributed by atoms with Gasteiger partial charge in [0.2, 0.25) is 0 Å². The van der Waals surface area contributed by atoms with Crippen LogP contribution in [0, 0.1) is 6.57 Å². The Morgan fingerprint density at radius 1 is 1.50 bits per heavy atom. The van der Waals surface area contributed by atoms with Crippen molar-refractivity contribution in [1.82, 2.24) is 0 Å². The van der Waals surface area contributed by atoms with E-state index in [9.17, 15) is 23.1 Å². The highest BCUT2D eigenvalue weighted by Crippen LogP contribution is 2.38. The summed E-state index contributed by atoms with van der Waals surface area (Å²) in [5.74, 6) is -0.810. The summed E-state index contributed by atoms with van der Waals surface area (Å²) in [6.07, 6.45) is -4.69. The number of carbonyl (C=O) groups is 1. The Kier molecular flexibility index (Phi) is 4.99. The number of amides is 1. The lowest BCUT2D eigenvalue weighted by Gasteiger charge is -2.20. The van der Waals surface area contributed by atoms with Crippen LogP contribution in [-0.4, -0.2) is 21.0 Å². The monoisotopic (exact) mass is 398 g/mol. The van der Waals surface area contributed by atoms with E-state index in [0.717, 1.165) is 6.07 Å². The molecule has 0 radical (unpaired) electrons. The Balaban J connectivity index is 3.12. The third-order valence-electron chi connectivity index (χ3n) is 2.43. The number of anilines is 1. The molecule has 1 atom stereocenters. The molecule has 108 valence electrons. The van der Waals surface area contributed by atoms with Crippen molar-refractivity contribution < 1.29 is 23.1 Å². The van der Waals surface area contributed by atoms with Crippen LogP contribution in [0.2, 0.25) is 0 Å². The molecule has 1 aromatic carbocycles. The predicted molar refractivity (Wildman–Crippen MR) is 75.8 cm³/mol. The third-order valence-corrected chi connectivity index (χ3v) is 3.91. The number of benzene rings is 1. The van der Waals surface area contributed by atoms with E-state index in [-0.39, 0.29) is 10.1 Å². The molecule has 0 aliphatic heterocycles. The fourth-order valence-electron chi connectivity index (χ4n) is 1.26. The van der Waals surface area contributed by atoms with E-state index in [1.807, 2.05) is 0 Å². The maximum atomic E-state index is 12.7. The van der Waals surface area contributed by atoms with E-state index in [1.54, 1.807) is 22.6 Å². The van der Waals surface area contributed by atoms with Crippen LogP contribution in [0.1, 0.15) is 12.5 Å². The number of halogens is 4. The summed E-state index contributed by atoms with van der Waals surface area (Å²) in [5.41, 5.74) is -3.48. The fourth-order valence-corrected chi connectivity index (χ4v) is 1.61. The molecule has 0 saturated carbocycles. The fraction of sp³-hybridized carbons (Fsp3) is 0.333. The Bertz CT molecular complexity index is 565. The summed E-state index contributed by atoms with van der Waals surface area (Å²) in [5, 5.41) is 11.9. The van der Waals surface area contributed by atoms with Crippen LogP contribution in [0.15, 0.2) is 18.2 Å². The van der Waals surface area contributed by atoms with Gasteiger partial charge in [0, 0.05) is 10.1 Å². The van der Waals surface area contributed by atoms with Crippen LogP contribution in [0.3, 0.4) is 0 Å². The van der Waals surface area contributed by atoms with Crippen molar-refractivity contribution in [3.8, 4) is 0 Å². The number of carbonyl (C=O) groups excluding carboxylic acids is 1. The molecule has 1 rings (SSSR count). The van der Waals surface area contributed by atoms with Crippen LogP contribution in [0.5, 0.6) is 0 Å². The van der Waals surface area contributed by atoms with Crippen molar-refractivity contribution in [2.45, 2.75) is 18.7 Å². The summed E-state index contributed by atoms with van der Waals surface area (Å²) >= 11 is 1.79. The number of aliphatic hydroxyl groups is 1. The normalized spacial score (nSPS) is 14.2. The van der Waals surface area contributed by atoms with Gasteiger partial charge in [-0.2, -0.15) is 13.2 Å². The standard InChI is InChI=1S/C12H10F3IN2O2/c1-11(20,6-16)10(19)18-7-3-4-9(17-2)8(5-7)12(13,14)15/h3-5,20H,6H2,1H3,(H,18,19). The molecule has 0 aromatic heterocycles. The van der Waals surface area contributed by atoms with Gasteiger partial charge < -0.3 is 10.4 Å². The lowest BCUT2D eigenvalue weighted by molar-refractivity contribution is -0.137. The van der Waals surface area contributed by atoms with Gasteiger partial charge in [-0.1, -0.05) is 28.7 Å². The lowest BCUT2D eigenvalue weighted by Crippen LogP contribution is -2.41. The van der Waals surface area contributed by atoms with Crippen molar-refractivity contribution in [1.29, 1.82) is 0 Å². The van der Waals surface area contributed by atoms with Crippen molar-refractivity contribution in [3.63, 3.8) is 0 Å². The molecule has 0 aliphatic carbocycles. The van der Waals surface area contributed by atoms with Crippen molar-refractivity contribution in [2.75, 3.05) is 9.74 Å². The zero-order chi connectivity index (χ0) is 15.6. The minimum Gasteiger partial charge on any atom is -0.379 e. The number of hydrogen-bond donors (Lipinski definition) is 2. The number of nitrogens with zero attached hydrogens (tertiary/aromatic N) is 1. The van der Waals surface area contributed by atoms with E-state index in [1.165, 1.54) is 13.0 Å². The summed E-state index contributed by atoms with van der Waals surface area (Å²) in [6, 6.07) is 2.84. The molecule has 0 saturated heterocycles. The summed E-state index contributed by atoms with van der Waals surface area (Å²) in [7, 11) is 0. The van der Waals surface area contributed by atoms with E-state index in [2.05, 4.69) is 10.2 Å². The summed E-state index contributed by atoms with van der Waals surface area (Å²) in [4.78, 5) is 14.5. The SMILES string of the molecule is [C-]#[N+]c1ccc(NC(=O)C(C)(O)CI)cc1C(F)(F)F. The topological polar surface area (TPSA) is 53.7 Å². The highest BCUT2D eigenvalue weighted by Gasteiger charge is 2.34. The Hall–Kier alpha value is -1.34. The maximum absolute atomic E-state index is 12.7. The molecule has 0 fully saturated rings. The minimum atomic E-state index is -4.69. The van der Waals surface area contributed by atoms with Crippen molar-refractivity contribution in [2.24, 2.45) is 0 Å². The Morgan fingerprint density at radius 2 is 2.10 bits per heavy atom. The Morgan fingerprint density at radius 3 is 2.55 bits per heavy atom. The number of hydrogen-bond acceptors (Lipinski definition) is 2. The van der Waals surface area contributed by atoms with Gasteiger partial charge in [-0.05, 0) is 19.1 Å². The summed E-state index contributed by atoms with van der Waals surface area (Å²) in [6.45, 7) is 7.96. The van der Waals surface area contributed by atoms with Gasteiger partial charge in [-0.15, -0.1) is 0 Å². The molecule has 2 N–H and O–H groups in total. The second kappa shape index (κ2) is 5.97. The molecular weight excluding hydrogens is 388 g/mol. The zero-order valence-corrected chi connectivity index (χ0v) is 12.4. The third kappa shape index (κ3) is 3.83. The van der Waals surface area contributed by atoms with Gasteiger partial charge in [0.05, 0.1) is 12.1 Å². The van der Waals surface area contributed by atoms with E-state index < -0.39 is 28.9 Å². The van der Waals surface area contributed by atoms with E-state index >= 15 is 0 Å². The molecule has 0 bridgehead atoms. The quantitative estimate of drug-likeness (QED) is 0.466. The molecule has 1 amide bonds. The van der Waals surface area contributed by atoms with Gasteiger partial charge in [0.15, 0.2) is 5.69 Å². The smallest absolute Gasteiger partial charge is 0.379 e. The van der Waals surface area contributed by atoms with Crippen LogP contribution in [0.4, 0.5) is 24.5 Å². The average molecular weight is 398 g/mol. The number of rotatable bonds is 3. The molecule has 20 heavy (non-hydrogen) atoms. The highest BCUT2D eigenvalue weighted by molar-refractivity contribution is 14.1. The first-order valence-corrected chi connectivity index (χ1v) is 6.83. The van der Waals surface area contributed by atoms with E-state index in [4.69, 9.17) is 6.57 Å². The summed E-state index contributed by atoms with van der Waals surface area (Å²) < 4.78 is 38.3. The first-order valence-electron chi connectivity index (χ1n) is 5.30. The molecule has 0 heterocycles. The number of alkyl halides is 4. The zero-order valence-electron chi connectivity index (χ0n) is 10.3. The Labute approximate surface area is 126 Å². The molecular formula is C12H10F3IN2O2. The van der Waals surface area contributed by atoms with Gasteiger partial charge in [-0.25, -0.2) is 4.85 Å². The predicted octanol–water partition coefficient (Wildman–Crippen LogP) is 3.38. The molecule has 8 heteroatoms. The first-order chi connectivity index (χ1) is 9.11. The van der Waals surface area contributed by atoms with Gasteiger partial charge in [0.25, 0.3) is 5.91 Å². The first kappa shape index (κ1) is 16.7. The van der Waals surface area contributed by atoms with Crippen LogP contribution in [-0.2, 0) is 11.0 Å². The second-order valence-electron chi connectivity index (χ2n) is 4.20. The van der Waals surface area contributed by atoms with E-state index in [0.29, 0.717) is 6.07 Å². The van der Waals surface area contributed by atoms with Crippen LogP contribution < -0.4 is 5.32 Å². The molecule has 1 unspecified atom stereocenters. The maximum Gasteiger partial charge on any atom is 0.407 e. The van der Waals surface area contributed by atoms with Crippen molar-refractivity contribution >= 4 is 39.9 Å². The molecule has 0 spiro atoms. The van der Waals surface area contributed by atoms with Gasteiger partial charge in [-0.3, -0.25) is 4.79 Å². The average Bonchev–Trinajstić information content (AvgIpc) is 2.37. The lowest BCUT2D eigenvalue weighted by atomic mass is 10.1. The van der Waals surface area contributed by atoms with Crippen LogP contribution in [0.25, 0.3) is 4.85 Å². The largest absolute Gasteiger partial charge is 0.407 e. The minimum absolute atomic E-state index is 0.0862. The molecule has 1 aromatic rings. The van der Waals surface area contributed by atoms with Crippen LogP contribution >= 0.6 is 22.6 Å². The highest BCUT2D eigenvalue weighted by atomic mass is 127.